The Balaban J connectivity index is 1.41. The van der Waals surface area contributed by atoms with E-state index < -0.39 is 0 Å². The van der Waals surface area contributed by atoms with Gasteiger partial charge in [-0.15, -0.1) is 0 Å². The summed E-state index contributed by atoms with van der Waals surface area (Å²) in [6, 6.07) is 5.64. The van der Waals surface area contributed by atoms with E-state index in [0.29, 0.717) is 6.54 Å². The number of hydrogen-bond donors (Lipinski definition) is 1. The normalized spacial score (nSPS) is 21.3. The molecule has 2 aliphatic rings. The Morgan fingerprint density at radius 3 is 2.88 bits per heavy atom. The van der Waals surface area contributed by atoms with E-state index in [0.717, 1.165) is 36.8 Å². The first-order valence-electron chi connectivity index (χ1n) is 9.71. The van der Waals surface area contributed by atoms with E-state index in [1.54, 1.807) is 18.6 Å². The summed E-state index contributed by atoms with van der Waals surface area (Å²) in [6.45, 7) is 3.23. The Kier molecular flexibility index (Phi) is 5.29. The highest BCUT2D eigenvalue weighted by molar-refractivity contribution is 5.80. The van der Waals surface area contributed by atoms with Crippen LogP contribution >= 0.6 is 0 Å². The van der Waals surface area contributed by atoms with Gasteiger partial charge >= 0.3 is 0 Å². The Bertz CT molecular complexity index is 723. The average molecular weight is 353 g/mol. The Morgan fingerprint density at radius 2 is 2.08 bits per heavy atom. The fraction of sp³-hybridized carbons (Fsp3) is 0.550. The van der Waals surface area contributed by atoms with Gasteiger partial charge in [0.1, 0.15) is 6.04 Å². The van der Waals surface area contributed by atoms with Crippen LogP contribution in [0.4, 0.5) is 0 Å². The summed E-state index contributed by atoms with van der Waals surface area (Å²) in [6.07, 6.45) is 12.1. The number of fused-ring (bicyclic) bond motifs is 1. The second-order valence-corrected chi connectivity index (χ2v) is 7.56. The zero-order valence-corrected chi connectivity index (χ0v) is 15.2. The summed E-state index contributed by atoms with van der Waals surface area (Å²) in [5.41, 5.74) is 2.14. The van der Waals surface area contributed by atoms with Crippen molar-refractivity contribution in [2.75, 3.05) is 13.1 Å². The highest BCUT2D eigenvalue weighted by Gasteiger charge is 2.31. The lowest BCUT2D eigenvalue weighted by atomic mass is 9.88. The van der Waals surface area contributed by atoms with Crippen LogP contribution < -0.4 is 5.32 Å². The molecule has 6 heteroatoms. The summed E-state index contributed by atoms with van der Waals surface area (Å²) in [5.74, 6) is 0.810. The predicted molar refractivity (Wildman–Crippen MR) is 99.2 cm³/mol. The van der Waals surface area contributed by atoms with Crippen molar-refractivity contribution in [3.05, 3.63) is 48.0 Å². The fourth-order valence-electron chi connectivity index (χ4n) is 4.24. The number of nitrogens with one attached hydrogen (secondary N) is 1. The van der Waals surface area contributed by atoms with Crippen molar-refractivity contribution >= 4 is 5.91 Å². The molecule has 0 radical (unpaired) electrons. The van der Waals surface area contributed by atoms with E-state index in [9.17, 15) is 4.79 Å². The molecule has 0 spiro atoms. The van der Waals surface area contributed by atoms with E-state index in [1.807, 2.05) is 22.9 Å². The summed E-state index contributed by atoms with van der Waals surface area (Å²) >= 11 is 0. The topological polar surface area (TPSA) is 63.1 Å². The molecule has 3 heterocycles. The van der Waals surface area contributed by atoms with Gasteiger partial charge in [0.05, 0.1) is 5.69 Å². The first-order chi connectivity index (χ1) is 12.8. The number of pyridine rings is 1. The standard InChI is InChI=1S/C20H27N5O/c26-20(22-12-17-7-4-9-21-11-17)19-15-24(13-16-5-2-1-3-6-16)14-18-8-10-23-25(18)19/h4,7-11,16,19H,1-3,5-6,12-15H2,(H,22,26). The maximum Gasteiger partial charge on any atom is 0.246 e. The number of carbonyl (C=O) groups is 1. The van der Waals surface area contributed by atoms with Crippen LogP contribution in [-0.2, 0) is 17.9 Å². The zero-order chi connectivity index (χ0) is 17.8. The summed E-state index contributed by atoms with van der Waals surface area (Å²) in [4.78, 5) is 19.4. The molecule has 0 aromatic carbocycles. The minimum atomic E-state index is -0.256. The number of amides is 1. The van der Waals surface area contributed by atoms with Gasteiger partial charge in [0.2, 0.25) is 5.91 Å². The van der Waals surface area contributed by atoms with E-state index in [1.165, 1.54) is 32.1 Å². The number of hydrogen-bond acceptors (Lipinski definition) is 4. The molecule has 1 aliphatic heterocycles. The lowest BCUT2D eigenvalue weighted by Crippen LogP contribution is -2.46. The van der Waals surface area contributed by atoms with Crippen molar-refractivity contribution in [2.24, 2.45) is 5.92 Å². The van der Waals surface area contributed by atoms with Crippen LogP contribution in [0.1, 0.15) is 49.4 Å². The fourth-order valence-corrected chi connectivity index (χ4v) is 4.24. The molecule has 1 unspecified atom stereocenters. The molecular formula is C20H27N5O. The first-order valence-corrected chi connectivity index (χ1v) is 9.71. The largest absolute Gasteiger partial charge is 0.350 e. The molecule has 1 atom stereocenters. The third-order valence-electron chi connectivity index (χ3n) is 5.60. The molecule has 1 amide bonds. The van der Waals surface area contributed by atoms with Crippen LogP contribution in [0.15, 0.2) is 36.8 Å². The Labute approximate surface area is 154 Å². The minimum Gasteiger partial charge on any atom is -0.350 e. The highest BCUT2D eigenvalue weighted by Crippen LogP contribution is 2.27. The van der Waals surface area contributed by atoms with E-state index in [2.05, 4.69) is 20.3 Å². The molecule has 1 aliphatic carbocycles. The molecule has 2 aromatic rings. The zero-order valence-electron chi connectivity index (χ0n) is 15.2. The SMILES string of the molecule is O=C(NCc1cccnc1)C1CN(CC2CCCCC2)Cc2ccnn21. The Morgan fingerprint density at radius 1 is 1.19 bits per heavy atom. The van der Waals surface area contributed by atoms with Gasteiger partial charge in [-0.25, -0.2) is 0 Å². The molecule has 6 nitrogen and oxygen atoms in total. The maximum absolute atomic E-state index is 12.9. The third kappa shape index (κ3) is 3.96. The van der Waals surface area contributed by atoms with Gasteiger partial charge in [-0.3, -0.25) is 19.4 Å². The van der Waals surface area contributed by atoms with Gasteiger partial charge < -0.3 is 5.32 Å². The summed E-state index contributed by atoms with van der Waals surface area (Å²) in [7, 11) is 0. The van der Waals surface area contributed by atoms with E-state index >= 15 is 0 Å². The molecule has 4 rings (SSSR count). The lowest BCUT2D eigenvalue weighted by molar-refractivity contribution is -0.126. The molecule has 138 valence electrons. The molecule has 1 N–H and O–H groups in total. The van der Waals surface area contributed by atoms with Crippen LogP contribution in [0.5, 0.6) is 0 Å². The average Bonchev–Trinajstić information content (AvgIpc) is 3.15. The van der Waals surface area contributed by atoms with Gasteiger partial charge in [0.15, 0.2) is 0 Å². The van der Waals surface area contributed by atoms with Crippen molar-refractivity contribution in [1.29, 1.82) is 0 Å². The van der Waals surface area contributed by atoms with Crippen LogP contribution in [0.25, 0.3) is 0 Å². The number of nitrogens with zero attached hydrogens (tertiary/aromatic N) is 4. The van der Waals surface area contributed by atoms with Crippen molar-refractivity contribution in [1.82, 2.24) is 25.0 Å². The quantitative estimate of drug-likeness (QED) is 0.897. The van der Waals surface area contributed by atoms with Crippen molar-refractivity contribution in [3.8, 4) is 0 Å². The van der Waals surface area contributed by atoms with Gasteiger partial charge in [0.25, 0.3) is 0 Å². The van der Waals surface area contributed by atoms with Crippen LogP contribution in [-0.4, -0.2) is 38.7 Å². The second kappa shape index (κ2) is 7.99. The van der Waals surface area contributed by atoms with Crippen LogP contribution in [0, 0.1) is 5.92 Å². The van der Waals surface area contributed by atoms with E-state index in [4.69, 9.17) is 0 Å². The van der Waals surface area contributed by atoms with Gasteiger partial charge in [-0.05, 0) is 36.5 Å². The molecule has 1 fully saturated rings. The molecule has 0 bridgehead atoms. The lowest BCUT2D eigenvalue weighted by Gasteiger charge is -2.36. The van der Waals surface area contributed by atoms with Crippen LogP contribution in [0.3, 0.4) is 0 Å². The molecule has 1 saturated carbocycles. The smallest absolute Gasteiger partial charge is 0.246 e. The molecule has 26 heavy (non-hydrogen) atoms. The first kappa shape index (κ1) is 17.2. The Hall–Kier alpha value is -2.21. The van der Waals surface area contributed by atoms with Gasteiger partial charge in [-0.1, -0.05) is 25.3 Å². The summed E-state index contributed by atoms with van der Waals surface area (Å²) < 4.78 is 1.90. The maximum atomic E-state index is 12.9. The number of carbonyl (C=O) groups excluding carboxylic acids is 1. The third-order valence-corrected chi connectivity index (χ3v) is 5.60. The van der Waals surface area contributed by atoms with Crippen molar-refractivity contribution < 1.29 is 4.79 Å². The molecular weight excluding hydrogens is 326 g/mol. The summed E-state index contributed by atoms with van der Waals surface area (Å²) in [5, 5.41) is 7.47. The second-order valence-electron chi connectivity index (χ2n) is 7.56. The predicted octanol–water partition coefficient (Wildman–Crippen LogP) is 2.53. The van der Waals surface area contributed by atoms with Crippen LogP contribution in [0.2, 0.25) is 0 Å². The van der Waals surface area contributed by atoms with Gasteiger partial charge in [-0.2, -0.15) is 5.10 Å². The highest BCUT2D eigenvalue weighted by atomic mass is 16.2. The van der Waals surface area contributed by atoms with Gasteiger partial charge in [0, 0.05) is 44.8 Å². The number of aromatic nitrogens is 3. The van der Waals surface area contributed by atoms with E-state index in [-0.39, 0.29) is 11.9 Å². The number of rotatable bonds is 5. The van der Waals surface area contributed by atoms with Crippen molar-refractivity contribution in [3.63, 3.8) is 0 Å². The monoisotopic (exact) mass is 353 g/mol. The molecule has 0 saturated heterocycles. The molecule has 2 aromatic heterocycles. The van der Waals surface area contributed by atoms with Crippen molar-refractivity contribution in [2.45, 2.75) is 51.2 Å². The minimum absolute atomic E-state index is 0.0344.